The number of hydrogen-bond donors (Lipinski definition) is 1. The number of benzene rings is 3. The number of ether oxygens (including phenoxy) is 3. The van der Waals surface area contributed by atoms with Crippen LogP contribution in [0, 0.1) is 0 Å². The first kappa shape index (κ1) is 21.1. The van der Waals surface area contributed by atoms with Crippen LogP contribution in [0.5, 0.6) is 11.5 Å². The van der Waals surface area contributed by atoms with Crippen molar-refractivity contribution in [3.8, 4) is 22.6 Å². The molecule has 0 spiro atoms. The number of fused-ring (bicyclic) bond motifs is 1. The third-order valence-corrected chi connectivity index (χ3v) is 4.88. The Labute approximate surface area is 184 Å². The summed E-state index contributed by atoms with van der Waals surface area (Å²) in [5, 5.41) is 2.50. The summed E-state index contributed by atoms with van der Waals surface area (Å²) in [4.78, 5) is 36.5. The first-order valence-electron chi connectivity index (χ1n) is 10.1. The highest BCUT2D eigenvalue weighted by molar-refractivity contribution is 5.99. The topological polar surface area (TPSA) is 90.9 Å². The summed E-state index contributed by atoms with van der Waals surface area (Å²) in [5.41, 5.74) is 2.80. The molecule has 32 heavy (non-hydrogen) atoms. The molecule has 0 radical (unpaired) electrons. The molecule has 7 nitrogen and oxygen atoms in total. The highest BCUT2D eigenvalue weighted by Gasteiger charge is 2.16. The first-order chi connectivity index (χ1) is 15.6. The average Bonchev–Trinajstić information content (AvgIpc) is 2.86. The van der Waals surface area contributed by atoms with E-state index >= 15 is 0 Å². The maximum atomic E-state index is 12.3. The van der Waals surface area contributed by atoms with Gasteiger partial charge in [-0.2, -0.15) is 0 Å². The Hall–Kier alpha value is -4.13. The molecule has 1 aliphatic heterocycles. The largest absolute Gasteiger partial charge is 0.486 e. The number of Topliss-reactive ketones (excluding diaryl/α,β-unsaturated/α-hetero) is 1. The van der Waals surface area contributed by atoms with Gasteiger partial charge in [-0.15, -0.1) is 0 Å². The lowest BCUT2D eigenvalue weighted by atomic mass is 10.0. The summed E-state index contributed by atoms with van der Waals surface area (Å²) < 4.78 is 15.9. The van der Waals surface area contributed by atoms with Crippen molar-refractivity contribution in [2.75, 3.05) is 26.4 Å². The average molecular weight is 431 g/mol. The van der Waals surface area contributed by atoms with Gasteiger partial charge in [0.15, 0.2) is 23.9 Å². The Bertz CT molecular complexity index is 1120. The zero-order chi connectivity index (χ0) is 22.3. The summed E-state index contributed by atoms with van der Waals surface area (Å²) in [6, 6.07) is 21.7. The van der Waals surface area contributed by atoms with Crippen LogP contribution in [0.3, 0.4) is 0 Å². The number of hydrogen-bond acceptors (Lipinski definition) is 6. The lowest BCUT2D eigenvalue weighted by Crippen LogP contribution is -2.31. The van der Waals surface area contributed by atoms with Crippen LogP contribution in [0.15, 0.2) is 72.8 Å². The van der Waals surface area contributed by atoms with Crippen molar-refractivity contribution in [1.29, 1.82) is 0 Å². The minimum atomic E-state index is -0.704. The molecule has 1 heterocycles. The number of carbonyl (C=O) groups is 3. The molecule has 162 valence electrons. The van der Waals surface area contributed by atoms with Gasteiger partial charge >= 0.3 is 5.97 Å². The molecule has 1 aliphatic rings. The van der Waals surface area contributed by atoms with Gasteiger partial charge in [0.2, 0.25) is 0 Å². The maximum Gasteiger partial charge on any atom is 0.325 e. The zero-order valence-electron chi connectivity index (χ0n) is 17.2. The van der Waals surface area contributed by atoms with E-state index in [4.69, 9.17) is 14.2 Å². The van der Waals surface area contributed by atoms with Gasteiger partial charge in [0.05, 0.1) is 0 Å². The van der Waals surface area contributed by atoms with E-state index in [9.17, 15) is 14.4 Å². The van der Waals surface area contributed by atoms with Crippen molar-refractivity contribution < 1.29 is 28.6 Å². The molecule has 0 atom stereocenters. The lowest BCUT2D eigenvalue weighted by Gasteiger charge is -2.18. The Kier molecular flexibility index (Phi) is 6.46. The van der Waals surface area contributed by atoms with Crippen LogP contribution < -0.4 is 14.8 Å². The Morgan fingerprint density at radius 2 is 1.44 bits per heavy atom. The molecule has 4 rings (SSSR count). The summed E-state index contributed by atoms with van der Waals surface area (Å²) in [6.07, 6.45) is 0. The second kappa shape index (κ2) is 9.78. The third-order valence-electron chi connectivity index (χ3n) is 4.88. The Morgan fingerprint density at radius 1 is 0.781 bits per heavy atom. The Morgan fingerprint density at radius 3 is 2.19 bits per heavy atom. The van der Waals surface area contributed by atoms with Gasteiger partial charge < -0.3 is 19.5 Å². The van der Waals surface area contributed by atoms with Crippen molar-refractivity contribution in [3.63, 3.8) is 0 Å². The van der Waals surface area contributed by atoms with Gasteiger partial charge in [-0.1, -0.05) is 42.5 Å². The second-order valence-electron chi connectivity index (χ2n) is 7.07. The minimum Gasteiger partial charge on any atom is -0.486 e. The summed E-state index contributed by atoms with van der Waals surface area (Å²) >= 11 is 0. The zero-order valence-corrected chi connectivity index (χ0v) is 17.2. The van der Waals surface area contributed by atoms with Crippen LogP contribution >= 0.6 is 0 Å². The van der Waals surface area contributed by atoms with Gasteiger partial charge in [-0.25, -0.2) is 0 Å². The summed E-state index contributed by atoms with van der Waals surface area (Å²) in [6.45, 7) is 0.100. The quantitative estimate of drug-likeness (QED) is 0.456. The van der Waals surface area contributed by atoms with E-state index in [-0.39, 0.29) is 12.3 Å². The fourth-order valence-corrected chi connectivity index (χ4v) is 3.20. The molecule has 0 unspecified atom stereocenters. The van der Waals surface area contributed by atoms with Gasteiger partial charge in [0.25, 0.3) is 5.91 Å². The number of carbonyl (C=O) groups excluding carboxylic acids is 3. The van der Waals surface area contributed by atoms with Crippen LogP contribution in [0.2, 0.25) is 0 Å². The normalized spacial score (nSPS) is 12.0. The van der Waals surface area contributed by atoms with E-state index in [0.717, 1.165) is 11.1 Å². The lowest BCUT2D eigenvalue weighted by molar-refractivity contribution is -0.141. The molecule has 1 N–H and O–H groups in total. The van der Waals surface area contributed by atoms with E-state index in [1.165, 1.54) is 0 Å². The molecular weight excluding hydrogens is 410 g/mol. The maximum absolute atomic E-state index is 12.3. The fraction of sp³-hybridized carbons (Fsp3) is 0.160. The molecule has 0 aromatic heterocycles. The molecule has 0 saturated carbocycles. The van der Waals surface area contributed by atoms with Crippen molar-refractivity contribution in [2.24, 2.45) is 0 Å². The van der Waals surface area contributed by atoms with Crippen LogP contribution in [0.4, 0.5) is 0 Å². The molecule has 0 aliphatic carbocycles. The van der Waals surface area contributed by atoms with E-state index in [2.05, 4.69) is 5.32 Å². The van der Waals surface area contributed by atoms with E-state index in [0.29, 0.717) is 35.8 Å². The number of nitrogens with one attached hydrogen (secondary N) is 1. The molecule has 1 amide bonds. The minimum absolute atomic E-state index is 0.340. The van der Waals surface area contributed by atoms with Crippen LogP contribution in [-0.2, 0) is 9.53 Å². The van der Waals surface area contributed by atoms with Crippen molar-refractivity contribution in [1.82, 2.24) is 5.32 Å². The molecule has 7 heteroatoms. The first-order valence-corrected chi connectivity index (χ1v) is 10.1. The highest BCUT2D eigenvalue weighted by Crippen LogP contribution is 2.30. The predicted octanol–water partition coefficient (Wildman–Crippen LogP) is 3.28. The van der Waals surface area contributed by atoms with E-state index < -0.39 is 18.5 Å². The van der Waals surface area contributed by atoms with Crippen molar-refractivity contribution in [2.45, 2.75) is 0 Å². The van der Waals surface area contributed by atoms with E-state index in [1.54, 1.807) is 30.3 Å². The van der Waals surface area contributed by atoms with Gasteiger partial charge in [0, 0.05) is 11.1 Å². The number of rotatable bonds is 7. The molecule has 0 saturated heterocycles. The highest BCUT2D eigenvalue weighted by atomic mass is 16.6. The number of esters is 1. The number of amides is 1. The predicted molar refractivity (Wildman–Crippen MR) is 117 cm³/mol. The van der Waals surface area contributed by atoms with Crippen molar-refractivity contribution >= 4 is 17.7 Å². The van der Waals surface area contributed by atoms with Crippen LogP contribution in [-0.4, -0.2) is 44.0 Å². The number of ketones is 1. The van der Waals surface area contributed by atoms with E-state index in [1.807, 2.05) is 42.5 Å². The van der Waals surface area contributed by atoms with Crippen molar-refractivity contribution in [3.05, 3.63) is 83.9 Å². The smallest absolute Gasteiger partial charge is 0.325 e. The summed E-state index contributed by atoms with van der Waals surface area (Å²) in [5.74, 6) is -0.425. The monoisotopic (exact) mass is 431 g/mol. The van der Waals surface area contributed by atoms with Gasteiger partial charge in [-0.3, -0.25) is 14.4 Å². The molecule has 0 bridgehead atoms. The molecular formula is C25H21NO6. The van der Waals surface area contributed by atoms with Gasteiger partial charge in [-0.05, 0) is 41.5 Å². The fourth-order valence-electron chi connectivity index (χ4n) is 3.20. The van der Waals surface area contributed by atoms with Crippen LogP contribution in [0.1, 0.15) is 20.7 Å². The van der Waals surface area contributed by atoms with Crippen LogP contribution in [0.25, 0.3) is 11.1 Å². The molecule has 3 aromatic carbocycles. The molecule has 0 fully saturated rings. The van der Waals surface area contributed by atoms with Gasteiger partial charge in [0.1, 0.15) is 19.8 Å². The summed E-state index contributed by atoms with van der Waals surface area (Å²) in [7, 11) is 0. The third kappa shape index (κ3) is 5.13. The Balaban J connectivity index is 1.25. The standard InChI is InChI=1S/C25H21NO6/c27-21(20-10-11-22-23(14-20)31-13-12-30-22)16-32-24(28)15-26-25(29)19-8-6-18(7-9-19)17-4-2-1-3-5-17/h1-11,14H,12-13,15-16H2,(H,26,29). The SMILES string of the molecule is O=C(CNC(=O)c1ccc(-c2ccccc2)cc1)OCC(=O)c1ccc2c(c1)OCCO2. The molecule has 3 aromatic rings. The second-order valence-corrected chi connectivity index (χ2v) is 7.07.